The Kier molecular flexibility index (Phi) is 5.50. The van der Waals surface area contributed by atoms with Crippen LogP contribution in [0.5, 0.6) is 0 Å². The molecule has 98 valence electrons. The van der Waals surface area contributed by atoms with Gasteiger partial charge in [-0.1, -0.05) is 13.0 Å². The quantitative estimate of drug-likeness (QED) is 0.585. The van der Waals surface area contributed by atoms with Gasteiger partial charge in [0.05, 0.1) is 6.54 Å². The molecule has 0 aliphatic rings. The van der Waals surface area contributed by atoms with Crippen molar-refractivity contribution >= 4 is 23.3 Å². The van der Waals surface area contributed by atoms with Crippen LogP contribution in [0.1, 0.15) is 13.3 Å². The summed E-state index contributed by atoms with van der Waals surface area (Å²) in [6.45, 7) is 2.52. The van der Waals surface area contributed by atoms with E-state index in [1.165, 1.54) is 0 Å². The fourth-order valence-electron chi connectivity index (χ4n) is 1.28. The number of nitrogens with one attached hydrogen (secondary N) is 3. The maximum atomic E-state index is 11.5. The van der Waals surface area contributed by atoms with Crippen molar-refractivity contribution < 1.29 is 9.59 Å². The number of urea groups is 1. The number of rotatable bonds is 5. The van der Waals surface area contributed by atoms with Gasteiger partial charge in [0.2, 0.25) is 5.91 Å². The third-order valence-electron chi connectivity index (χ3n) is 2.13. The van der Waals surface area contributed by atoms with E-state index in [0.717, 1.165) is 6.42 Å². The van der Waals surface area contributed by atoms with Crippen molar-refractivity contribution in [2.75, 3.05) is 24.1 Å². The zero-order valence-corrected chi connectivity index (χ0v) is 10.3. The van der Waals surface area contributed by atoms with Crippen LogP contribution in [0, 0.1) is 0 Å². The summed E-state index contributed by atoms with van der Waals surface area (Å²) in [5, 5.41) is 7.70. The second-order valence-electron chi connectivity index (χ2n) is 3.78. The molecule has 0 fully saturated rings. The summed E-state index contributed by atoms with van der Waals surface area (Å²) >= 11 is 0. The van der Waals surface area contributed by atoms with Crippen molar-refractivity contribution in [3.05, 3.63) is 24.3 Å². The van der Waals surface area contributed by atoms with Crippen molar-refractivity contribution in [2.45, 2.75) is 13.3 Å². The number of carbonyl (C=O) groups excluding carboxylic acids is 2. The fourth-order valence-corrected chi connectivity index (χ4v) is 1.28. The van der Waals surface area contributed by atoms with Crippen molar-refractivity contribution in [3.8, 4) is 0 Å². The molecule has 0 atom stereocenters. The molecule has 1 aromatic rings. The third kappa shape index (κ3) is 5.20. The summed E-state index contributed by atoms with van der Waals surface area (Å²) in [4.78, 5) is 22.7. The number of hydrogen-bond donors (Lipinski definition) is 4. The van der Waals surface area contributed by atoms with Crippen LogP contribution in [-0.4, -0.2) is 25.0 Å². The van der Waals surface area contributed by atoms with E-state index in [2.05, 4.69) is 16.0 Å². The minimum atomic E-state index is -0.438. The molecule has 5 N–H and O–H groups in total. The van der Waals surface area contributed by atoms with Gasteiger partial charge in [0.25, 0.3) is 0 Å². The number of anilines is 2. The molecular formula is C12H18N4O2. The lowest BCUT2D eigenvalue weighted by Gasteiger charge is -2.08. The summed E-state index contributed by atoms with van der Waals surface area (Å²) in [6.07, 6.45) is 0.862. The van der Waals surface area contributed by atoms with Crippen LogP contribution in [0.2, 0.25) is 0 Å². The first-order valence-electron chi connectivity index (χ1n) is 5.79. The van der Waals surface area contributed by atoms with E-state index in [1.807, 2.05) is 6.92 Å². The maximum absolute atomic E-state index is 11.5. The zero-order chi connectivity index (χ0) is 13.4. The molecule has 6 nitrogen and oxygen atoms in total. The molecule has 0 radical (unpaired) electrons. The summed E-state index contributed by atoms with van der Waals surface area (Å²) in [5.41, 5.74) is 6.72. The highest BCUT2D eigenvalue weighted by atomic mass is 16.2. The first kappa shape index (κ1) is 13.8. The lowest BCUT2D eigenvalue weighted by molar-refractivity contribution is -0.120. The largest absolute Gasteiger partial charge is 0.399 e. The molecular weight excluding hydrogens is 232 g/mol. The molecule has 6 heteroatoms. The van der Waals surface area contributed by atoms with Crippen LogP contribution < -0.4 is 21.7 Å². The van der Waals surface area contributed by atoms with Gasteiger partial charge < -0.3 is 21.7 Å². The number of hydrogen-bond acceptors (Lipinski definition) is 3. The SMILES string of the molecule is CCCNC(=O)CNC(=O)Nc1cccc(N)c1. The summed E-state index contributed by atoms with van der Waals surface area (Å²) in [6, 6.07) is 6.37. The Morgan fingerprint density at radius 2 is 2.06 bits per heavy atom. The minimum Gasteiger partial charge on any atom is -0.399 e. The van der Waals surface area contributed by atoms with Gasteiger partial charge in [-0.25, -0.2) is 4.79 Å². The van der Waals surface area contributed by atoms with Gasteiger partial charge in [0, 0.05) is 17.9 Å². The first-order valence-corrected chi connectivity index (χ1v) is 5.79. The molecule has 0 saturated heterocycles. The van der Waals surface area contributed by atoms with Crippen molar-refractivity contribution in [2.24, 2.45) is 0 Å². The van der Waals surface area contributed by atoms with E-state index in [9.17, 15) is 9.59 Å². The number of amides is 3. The molecule has 3 amide bonds. The Labute approximate surface area is 106 Å². The summed E-state index contributed by atoms with van der Waals surface area (Å²) < 4.78 is 0. The van der Waals surface area contributed by atoms with Crippen LogP contribution in [0.3, 0.4) is 0 Å². The normalized spacial score (nSPS) is 9.61. The van der Waals surface area contributed by atoms with E-state index in [-0.39, 0.29) is 12.5 Å². The Balaban J connectivity index is 2.31. The predicted molar refractivity (Wildman–Crippen MR) is 71.2 cm³/mol. The van der Waals surface area contributed by atoms with Crippen LogP contribution in [0.4, 0.5) is 16.2 Å². The van der Waals surface area contributed by atoms with E-state index < -0.39 is 6.03 Å². The van der Waals surface area contributed by atoms with E-state index >= 15 is 0 Å². The lowest BCUT2D eigenvalue weighted by atomic mass is 10.3. The molecule has 0 bridgehead atoms. The summed E-state index contributed by atoms with van der Waals surface area (Å²) in [5.74, 6) is -0.209. The molecule has 0 saturated carbocycles. The lowest BCUT2D eigenvalue weighted by Crippen LogP contribution is -2.39. The zero-order valence-electron chi connectivity index (χ0n) is 10.3. The summed E-state index contributed by atoms with van der Waals surface area (Å²) in [7, 11) is 0. The van der Waals surface area contributed by atoms with Crippen molar-refractivity contribution in [1.82, 2.24) is 10.6 Å². The topological polar surface area (TPSA) is 96.2 Å². The van der Waals surface area contributed by atoms with E-state index in [0.29, 0.717) is 17.9 Å². The average Bonchev–Trinajstić information content (AvgIpc) is 2.34. The third-order valence-corrected chi connectivity index (χ3v) is 2.13. The molecule has 1 aromatic carbocycles. The number of benzene rings is 1. The van der Waals surface area contributed by atoms with E-state index in [4.69, 9.17) is 5.73 Å². The highest BCUT2D eigenvalue weighted by Crippen LogP contribution is 2.11. The minimum absolute atomic E-state index is 0.0475. The number of carbonyl (C=O) groups is 2. The second-order valence-corrected chi connectivity index (χ2v) is 3.78. The molecule has 0 aromatic heterocycles. The molecule has 0 aliphatic heterocycles. The molecule has 18 heavy (non-hydrogen) atoms. The van der Waals surface area contributed by atoms with Crippen LogP contribution in [0.15, 0.2) is 24.3 Å². The molecule has 0 aliphatic carbocycles. The van der Waals surface area contributed by atoms with Gasteiger partial charge in [-0.3, -0.25) is 4.79 Å². The Morgan fingerprint density at radius 1 is 1.28 bits per heavy atom. The van der Waals surface area contributed by atoms with Crippen LogP contribution in [0.25, 0.3) is 0 Å². The highest BCUT2D eigenvalue weighted by molar-refractivity contribution is 5.92. The Hall–Kier alpha value is -2.24. The fraction of sp³-hybridized carbons (Fsp3) is 0.333. The van der Waals surface area contributed by atoms with Gasteiger partial charge >= 0.3 is 6.03 Å². The number of nitrogens with two attached hydrogens (primary N) is 1. The predicted octanol–water partition coefficient (Wildman–Crippen LogP) is 0.916. The van der Waals surface area contributed by atoms with Crippen molar-refractivity contribution in [1.29, 1.82) is 0 Å². The van der Waals surface area contributed by atoms with Gasteiger partial charge in [0.15, 0.2) is 0 Å². The standard InChI is InChI=1S/C12H18N4O2/c1-2-6-14-11(17)8-15-12(18)16-10-5-3-4-9(13)7-10/h3-5,7H,2,6,8,13H2,1H3,(H,14,17)(H2,15,16,18). The Bertz CT molecular complexity index is 420. The van der Waals surface area contributed by atoms with Crippen LogP contribution in [-0.2, 0) is 4.79 Å². The first-order chi connectivity index (χ1) is 8.61. The van der Waals surface area contributed by atoms with Crippen LogP contribution >= 0.6 is 0 Å². The smallest absolute Gasteiger partial charge is 0.319 e. The second kappa shape index (κ2) is 7.16. The molecule has 0 spiro atoms. The monoisotopic (exact) mass is 250 g/mol. The number of nitrogen functional groups attached to an aromatic ring is 1. The van der Waals surface area contributed by atoms with Gasteiger partial charge in [-0.2, -0.15) is 0 Å². The average molecular weight is 250 g/mol. The van der Waals surface area contributed by atoms with Gasteiger partial charge in [-0.15, -0.1) is 0 Å². The van der Waals surface area contributed by atoms with E-state index in [1.54, 1.807) is 24.3 Å². The molecule has 0 heterocycles. The maximum Gasteiger partial charge on any atom is 0.319 e. The highest BCUT2D eigenvalue weighted by Gasteiger charge is 2.04. The van der Waals surface area contributed by atoms with Gasteiger partial charge in [-0.05, 0) is 24.6 Å². The molecule has 0 unspecified atom stereocenters. The van der Waals surface area contributed by atoms with Crippen molar-refractivity contribution in [3.63, 3.8) is 0 Å². The van der Waals surface area contributed by atoms with Gasteiger partial charge in [0.1, 0.15) is 0 Å². The Morgan fingerprint density at radius 3 is 2.72 bits per heavy atom. The molecule has 1 rings (SSSR count).